The summed E-state index contributed by atoms with van der Waals surface area (Å²) in [6, 6.07) is 0. The van der Waals surface area contributed by atoms with Gasteiger partial charge in [-0.05, 0) is 26.8 Å². The van der Waals surface area contributed by atoms with E-state index in [0.29, 0.717) is 19.6 Å². The van der Waals surface area contributed by atoms with Gasteiger partial charge in [0.1, 0.15) is 0 Å². The number of rotatable bonds is 2. The summed E-state index contributed by atoms with van der Waals surface area (Å²) in [5, 5.41) is 12.4. The summed E-state index contributed by atoms with van der Waals surface area (Å²) in [6.07, 6.45) is 0.853. The number of amides is 2. The lowest BCUT2D eigenvalue weighted by atomic mass is 10.1. The quantitative estimate of drug-likeness (QED) is 0.625. The molecule has 0 aromatic carbocycles. The molecule has 0 unspecified atom stereocenters. The molecule has 0 aromatic rings. The summed E-state index contributed by atoms with van der Waals surface area (Å²) < 4.78 is 0. The first-order valence-corrected chi connectivity index (χ1v) is 6.29. The van der Waals surface area contributed by atoms with Crippen LogP contribution in [0.3, 0.4) is 0 Å². The molecule has 6 nitrogen and oxygen atoms in total. The normalized spacial score (nSPS) is 17.2. The van der Waals surface area contributed by atoms with Crippen LogP contribution in [0.5, 0.6) is 0 Å². The average molecular weight is 257 g/mol. The Bertz CT molecular complexity index is 310. The molecule has 2 N–H and O–H groups in total. The Morgan fingerprint density at radius 3 is 2.61 bits per heavy atom. The topological polar surface area (TPSA) is 72.9 Å². The fourth-order valence-corrected chi connectivity index (χ4v) is 1.71. The molecule has 1 heterocycles. The van der Waals surface area contributed by atoms with Crippen LogP contribution in [0.25, 0.3) is 0 Å². The van der Waals surface area contributed by atoms with Gasteiger partial charge in [0.05, 0.1) is 12.1 Å². The van der Waals surface area contributed by atoms with Gasteiger partial charge in [-0.1, -0.05) is 0 Å². The minimum Gasteiger partial charge on any atom is -0.394 e. The molecule has 1 saturated heterocycles. The summed E-state index contributed by atoms with van der Waals surface area (Å²) in [5.41, 5.74) is -0.725. The Balaban J connectivity index is 2.68. The molecule has 1 aliphatic rings. The Labute approximate surface area is 108 Å². The van der Waals surface area contributed by atoms with E-state index >= 15 is 0 Å². The summed E-state index contributed by atoms with van der Waals surface area (Å²) in [4.78, 5) is 27.0. The molecule has 18 heavy (non-hydrogen) atoms. The lowest BCUT2D eigenvalue weighted by Crippen LogP contribution is -2.53. The Kier molecular flexibility index (Phi) is 5.10. The third-order valence-electron chi connectivity index (χ3n) is 3.41. The van der Waals surface area contributed by atoms with E-state index in [0.717, 1.165) is 13.0 Å². The van der Waals surface area contributed by atoms with Gasteiger partial charge in [0.2, 0.25) is 0 Å². The number of hydrogen-bond donors (Lipinski definition) is 2. The lowest BCUT2D eigenvalue weighted by Gasteiger charge is -2.34. The summed E-state index contributed by atoms with van der Waals surface area (Å²) in [5.74, 6) is -1.04. The van der Waals surface area contributed by atoms with Crippen molar-refractivity contribution < 1.29 is 14.7 Å². The van der Waals surface area contributed by atoms with E-state index in [4.69, 9.17) is 0 Å². The van der Waals surface area contributed by atoms with E-state index in [1.807, 2.05) is 0 Å². The van der Waals surface area contributed by atoms with Crippen molar-refractivity contribution in [1.29, 1.82) is 0 Å². The zero-order valence-corrected chi connectivity index (χ0v) is 11.4. The molecule has 0 atom stereocenters. The molecular weight excluding hydrogens is 234 g/mol. The predicted octanol–water partition coefficient (Wildman–Crippen LogP) is -0.962. The van der Waals surface area contributed by atoms with Gasteiger partial charge in [0, 0.05) is 26.7 Å². The van der Waals surface area contributed by atoms with Crippen LogP contribution in [0.4, 0.5) is 0 Å². The molecule has 1 rings (SSSR count). The molecule has 0 radical (unpaired) electrons. The SMILES string of the molecule is CN(C(=O)C(=O)N1CCCNCC1)C(C)(C)CO. The van der Waals surface area contributed by atoms with Gasteiger partial charge in [-0.15, -0.1) is 0 Å². The standard InChI is InChI=1S/C12H23N3O3/c1-12(2,9-16)14(3)10(17)11(18)15-7-4-5-13-6-8-15/h13,16H,4-9H2,1-3H3. The van der Waals surface area contributed by atoms with E-state index in [2.05, 4.69) is 5.32 Å². The van der Waals surface area contributed by atoms with Gasteiger partial charge >= 0.3 is 11.8 Å². The fourth-order valence-electron chi connectivity index (χ4n) is 1.71. The molecule has 1 aliphatic heterocycles. The van der Waals surface area contributed by atoms with Gasteiger partial charge in [-0.2, -0.15) is 0 Å². The number of carbonyl (C=O) groups excluding carboxylic acids is 2. The smallest absolute Gasteiger partial charge is 0.312 e. The monoisotopic (exact) mass is 257 g/mol. The van der Waals surface area contributed by atoms with E-state index in [9.17, 15) is 14.7 Å². The van der Waals surface area contributed by atoms with Gasteiger partial charge in [0.15, 0.2) is 0 Å². The molecule has 0 aliphatic carbocycles. The Morgan fingerprint density at radius 2 is 2.00 bits per heavy atom. The van der Waals surface area contributed by atoms with Gasteiger partial charge in [-0.3, -0.25) is 9.59 Å². The highest BCUT2D eigenvalue weighted by atomic mass is 16.3. The van der Waals surface area contributed by atoms with Crippen LogP contribution in [0.1, 0.15) is 20.3 Å². The molecule has 2 amide bonds. The van der Waals surface area contributed by atoms with Gasteiger partial charge in [0.25, 0.3) is 0 Å². The van der Waals surface area contributed by atoms with E-state index in [1.165, 1.54) is 4.90 Å². The summed E-state index contributed by atoms with van der Waals surface area (Å²) >= 11 is 0. The fraction of sp³-hybridized carbons (Fsp3) is 0.833. The maximum atomic E-state index is 12.1. The summed E-state index contributed by atoms with van der Waals surface area (Å²) in [7, 11) is 1.55. The third kappa shape index (κ3) is 3.43. The van der Waals surface area contributed by atoms with E-state index < -0.39 is 17.4 Å². The second kappa shape index (κ2) is 6.15. The molecule has 1 fully saturated rings. The second-order valence-corrected chi connectivity index (χ2v) is 5.23. The highest BCUT2D eigenvalue weighted by molar-refractivity contribution is 6.35. The van der Waals surface area contributed by atoms with Crippen molar-refractivity contribution >= 4 is 11.8 Å². The molecule has 0 saturated carbocycles. The van der Waals surface area contributed by atoms with E-state index in [-0.39, 0.29) is 6.61 Å². The highest BCUT2D eigenvalue weighted by Gasteiger charge is 2.33. The lowest BCUT2D eigenvalue weighted by molar-refractivity contribution is -0.154. The van der Waals surface area contributed by atoms with Crippen LogP contribution in [-0.2, 0) is 9.59 Å². The third-order valence-corrected chi connectivity index (χ3v) is 3.41. The molecule has 0 aromatic heterocycles. The Morgan fingerprint density at radius 1 is 1.33 bits per heavy atom. The minimum absolute atomic E-state index is 0.177. The van der Waals surface area contributed by atoms with Crippen molar-refractivity contribution in [3.63, 3.8) is 0 Å². The number of nitrogens with one attached hydrogen (secondary N) is 1. The summed E-state index contributed by atoms with van der Waals surface area (Å²) in [6.45, 7) is 6.01. The van der Waals surface area contributed by atoms with Crippen LogP contribution < -0.4 is 5.32 Å². The van der Waals surface area contributed by atoms with Gasteiger partial charge in [-0.25, -0.2) is 0 Å². The van der Waals surface area contributed by atoms with E-state index in [1.54, 1.807) is 25.8 Å². The van der Waals surface area contributed by atoms with Crippen LogP contribution >= 0.6 is 0 Å². The number of hydrogen-bond acceptors (Lipinski definition) is 4. The molecule has 0 spiro atoms. The molecular formula is C12H23N3O3. The predicted molar refractivity (Wildman–Crippen MR) is 68.0 cm³/mol. The first kappa shape index (κ1) is 14.9. The van der Waals surface area contributed by atoms with Crippen molar-refractivity contribution in [3.8, 4) is 0 Å². The molecule has 6 heteroatoms. The van der Waals surface area contributed by atoms with Crippen LogP contribution in [0, 0.1) is 0 Å². The molecule has 104 valence electrons. The second-order valence-electron chi connectivity index (χ2n) is 5.23. The maximum absolute atomic E-state index is 12.1. The Hall–Kier alpha value is -1.14. The number of nitrogens with zero attached hydrogens (tertiary/aromatic N) is 2. The van der Waals surface area contributed by atoms with Crippen molar-refractivity contribution in [1.82, 2.24) is 15.1 Å². The zero-order chi connectivity index (χ0) is 13.8. The van der Waals surface area contributed by atoms with Crippen molar-refractivity contribution in [3.05, 3.63) is 0 Å². The molecule has 0 bridgehead atoms. The maximum Gasteiger partial charge on any atom is 0.312 e. The average Bonchev–Trinajstić information content (AvgIpc) is 2.64. The van der Waals surface area contributed by atoms with Crippen molar-refractivity contribution in [2.75, 3.05) is 39.8 Å². The van der Waals surface area contributed by atoms with Crippen LogP contribution in [-0.4, -0.2) is 72.1 Å². The highest BCUT2D eigenvalue weighted by Crippen LogP contribution is 2.12. The van der Waals surface area contributed by atoms with Crippen molar-refractivity contribution in [2.45, 2.75) is 25.8 Å². The van der Waals surface area contributed by atoms with Crippen molar-refractivity contribution in [2.24, 2.45) is 0 Å². The minimum atomic E-state index is -0.725. The van der Waals surface area contributed by atoms with Gasteiger partial charge < -0.3 is 20.2 Å². The zero-order valence-electron chi connectivity index (χ0n) is 11.4. The first-order valence-electron chi connectivity index (χ1n) is 6.29. The number of carbonyl (C=O) groups is 2. The number of aliphatic hydroxyl groups excluding tert-OH is 1. The number of likely N-dealkylation sites (N-methyl/N-ethyl adjacent to an activating group) is 1. The van der Waals surface area contributed by atoms with Crippen LogP contribution in [0.2, 0.25) is 0 Å². The number of aliphatic hydroxyl groups is 1. The largest absolute Gasteiger partial charge is 0.394 e. The first-order chi connectivity index (χ1) is 8.40. The van der Waals surface area contributed by atoms with Crippen LogP contribution in [0.15, 0.2) is 0 Å².